The number of anilines is 1. The quantitative estimate of drug-likeness (QED) is 0.847. The van der Waals surface area contributed by atoms with Gasteiger partial charge in [-0.25, -0.2) is 18.2 Å². The third-order valence-corrected chi connectivity index (χ3v) is 4.79. The molecule has 2 rings (SSSR count). The summed E-state index contributed by atoms with van der Waals surface area (Å²) in [7, 11) is -2.45. The summed E-state index contributed by atoms with van der Waals surface area (Å²) < 4.78 is 30.9. The molecule has 1 N–H and O–H groups in total. The molecule has 0 radical (unpaired) electrons. The average molecular weight is 338 g/mol. The maximum Gasteiger partial charge on any atom is 0.350 e. The first-order valence-electron chi connectivity index (χ1n) is 6.23. The maximum absolute atomic E-state index is 12.0. The molecule has 2 aromatic rings. The van der Waals surface area contributed by atoms with Crippen molar-refractivity contribution in [3.63, 3.8) is 0 Å². The van der Waals surface area contributed by atoms with Crippen LogP contribution < -0.4 is 4.72 Å². The molecule has 0 aliphatic carbocycles. The summed E-state index contributed by atoms with van der Waals surface area (Å²) in [6.07, 6.45) is 1.48. The van der Waals surface area contributed by atoms with Crippen LogP contribution in [0.5, 0.6) is 0 Å². The lowest BCUT2D eigenvalue weighted by Crippen LogP contribution is -2.08. The minimum atomic E-state index is -3.70. The standard InChI is InChI=1S/C14H14N2O4S2/c1-10-12(13(17)20-2)21-14(15-10)16-22(18,19)9-8-11-6-4-3-5-7-11/h3-9H,1-2H3,(H,15,16)/b9-8+. The van der Waals surface area contributed by atoms with Crippen molar-refractivity contribution in [1.29, 1.82) is 0 Å². The second-order valence-electron chi connectivity index (χ2n) is 4.29. The van der Waals surface area contributed by atoms with Gasteiger partial charge in [0, 0.05) is 0 Å². The number of esters is 1. The molecule has 22 heavy (non-hydrogen) atoms. The van der Waals surface area contributed by atoms with Gasteiger partial charge in [0.25, 0.3) is 10.0 Å². The lowest BCUT2D eigenvalue weighted by molar-refractivity contribution is 0.0605. The van der Waals surface area contributed by atoms with Gasteiger partial charge >= 0.3 is 5.97 Å². The highest BCUT2D eigenvalue weighted by molar-refractivity contribution is 7.95. The summed E-state index contributed by atoms with van der Waals surface area (Å²) in [5.41, 5.74) is 1.18. The zero-order valence-electron chi connectivity index (χ0n) is 11.9. The van der Waals surface area contributed by atoms with Crippen molar-refractivity contribution < 1.29 is 17.9 Å². The van der Waals surface area contributed by atoms with Crippen LogP contribution in [0.15, 0.2) is 35.7 Å². The number of methoxy groups -OCH3 is 1. The van der Waals surface area contributed by atoms with Gasteiger partial charge in [-0.05, 0) is 18.6 Å². The van der Waals surface area contributed by atoms with Crippen molar-refractivity contribution in [3.05, 3.63) is 51.9 Å². The summed E-state index contributed by atoms with van der Waals surface area (Å²) in [6, 6.07) is 9.04. The third kappa shape index (κ3) is 4.15. The normalized spacial score (nSPS) is 11.5. The fourth-order valence-corrected chi connectivity index (χ4v) is 3.55. The Morgan fingerprint density at radius 1 is 1.32 bits per heavy atom. The first-order chi connectivity index (χ1) is 10.4. The van der Waals surface area contributed by atoms with Gasteiger partial charge in [0.1, 0.15) is 4.88 Å². The van der Waals surface area contributed by atoms with Gasteiger partial charge in [0.2, 0.25) is 0 Å². The van der Waals surface area contributed by atoms with Gasteiger partial charge in [-0.1, -0.05) is 41.7 Å². The number of aromatic nitrogens is 1. The Morgan fingerprint density at radius 3 is 2.64 bits per heavy atom. The molecule has 0 saturated carbocycles. The summed E-state index contributed by atoms with van der Waals surface area (Å²) in [5.74, 6) is -0.541. The Labute approximate surface area is 132 Å². The maximum atomic E-state index is 12.0. The number of hydrogen-bond donors (Lipinski definition) is 1. The predicted octanol–water partition coefficient (Wildman–Crippen LogP) is 2.65. The molecule has 1 aromatic carbocycles. The molecule has 6 nitrogen and oxygen atoms in total. The molecule has 8 heteroatoms. The van der Waals surface area contributed by atoms with Crippen LogP contribution in [0.3, 0.4) is 0 Å². The van der Waals surface area contributed by atoms with E-state index in [4.69, 9.17) is 0 Å². The van der Waals surface area contributed by atoms with E-state index in [1.165, 1.54) is 13.2 Å². The molecule has 0 aliphatic rings. The first-order valence-corrected chi connectivity index (χ1v) is 8.59. The van der Waals surface area contributed by atoms with E-state index in [1.54, 1.807) is 19.1 Å². The van der Waals surface area contributed by atoms with Crippen molar-refractivity contribution in [3.8, 4) is 0 Å². The highest BCUT2D eigenvalue weighted by atomic mass is 32.2. The van der Waals surface area contributed by atoms with Crippen molar-refractivity contribution in [2.75, 3.05) is 11.8 Å². The number of sulfonamides is 1. The van der Waals surface area contributed by atoms with E-state index in [-0.39, 0.29) is 10.0 Å². The second-order valence-corrected chi connectivity index (χ2v) is 6.85. The van der Waals surface area contributed by atoms with Crippen LogP contribution in [-0.4, -0.2) is 26.5 Å². The SMILES string of the molecule is COC(=O)c1sc(NS(=O)(=O)/C=C/c2ccccc2)nc1C. The van der Waals surface area contributed by atoms with E-state index in [0.29, 0.717) is 5.69 Å². The molecule has 116 valence electrons. The Hall–Kier alpha value is -2.19. The van der Waals surface area contributed by atoms with E-state index >= 15 is 0 Å². The Balaban J connectivity index is 2.16. The number of nitrogens with zero attached hydrogens (tertiary/aromatic N) is 1. The Bertz CT molecular complexity index is 796. The van der Waals surface area contributed by atoms with Gasteiger partial charge in [0.15, 0.2) is 5.13 Å². The van der Waals surface area contributed by atoms with Crippen LogP contribution in [0.25, 0.3) is 6.08 Å². The predicted molar refractivity (Wildman–Crippen MR) is 86.2 cm³/mol. The number of rotatable bonds is 5. The van der Waals surface area contributed by atoms with Crippen LogP contribution in [0.2, 0.25) is 0 Å². The summed E-state index contributed by atoms with van der Waals surface area (Å²) in [5, 5.41) is 1.17. The number of benzene rings is 1. The number of thiazole rings is 1. The van der Waals surface area contributed by atoms with Crippen molar-refractivity contribution in [2.24, 2.45) is 0 Å². The molecule has 0 aliphatic heterocycles. The topological polar surface area (TPSA) is 85.4 Å². The fourth-order valence-electron chi connectivity index (χ4n) is 1.61. The molecule has 0 atom stereocenters. The van der Waals surface area contributed by atoms with Gasteiger partial charge < -0.3 is 4.74 Å². The molecule has 0 amide bonds. The van der Waals surface area contributed by atoms with Crippen LogP contribution >= 0.6 is 11.3 Å². The van der Waals surface area contributed by atoms with E-state index in [1.807, 2.05) is 18.2 Å². The molecular formula is C14H14N2O4S2. The lowest BCUT2D eigenvalue weighted by Gasteiger charge is -1.99. The number of carbonyl (C=O) groups is 1. The van der Waals surface area contributed by atoms with Crippen molar-refractivity contribution in [2.45, 2.75) is 6.92 Å². The zero-order chi connectivity index (χ0) is 16.2. The number of aryl methyl sites for hydroxylation is 1. The highest BCUT2D eigenvalue weighted by Crippen LogP contribution is 2.24. The van der Waals surface area contributed by atoms with Crippen LogP contribution in [0, 0.1) is 6.92 Å². The minimum absolute atomic E-state index is 0.121. The Morgan fingerprint density at radius 2 is 2.00 bits per heavy atom. The summed E-state index contributed by atoms with van der Waals surface area (Å²) in [6.45, 7) is 1.61. The largest absolute Gasteiger partial charge is 0.465 e. The molecule has 0 unspecified atom stereocenters. The highest BCUT2D eigenvalue weighted by Gasteiger charge is 2.17. The van der Waals surface area contributed by atoms with Gasteiger partial charge in [0.05, 0.1) is 18.2 Å². The monoisotopic (exact) mass is 338 g/mol. The number of ether oxygens (including phenoxy) is 1. The van der Waals surface area contributed by atoms with Gasteiger partial charge in [-0.2, -0.15) is 0 Å². The number of carbonyl (C=O) groups excluding carboxylic acids is 1. The average Bonchev–Trinajstić information content (AvgIpc) is 2.85. The zero-order valence-corrected chi connectivity index (χ0v) is 13.6. The first kappa shape index (κ1) is 16.2. The molecule has 0 saturated heterocycles. The van der Waals surface area contributed by atoms with Crippen molar-refractivity contribution in [1.82, 2.24) is 4.98 Å². The van der Waals surface area contributed by atoms with Crippen LogP contribution in [0.1, 0.15) is 20.9 Å². The van der Waals surface area contributed by atoms with Crippen LogP contribution in [0.4, 0.5) is 5.13 Å². The van der Waals surface area contributed by atoms with E-state index < -0.39 is 16.0 Å². The molecular weight excluding hydrogens is 324 g/mol. The second kappa shape index (κ2) is 6.71. The Kier molecular flexibility index (Phi) is 4.94. The summed E-state index contributed by atoms with van der Waals surface area (Å²) >= 11 is 0.931. The smallest absolute Gasteiger partial charge is 0.350 e. The van der Waals surface area contributed by atoms with E-state index in [0.717, 1.165) is 22.3 Å². The minimum Gasteiger partial charge on any atom is -0.465 e. The molecule has 1 aromatic heterocycles. The molecule has 1 heterocycles. The molecule has 0 spiro atoms. The van der Waals surface area contributed by atoms with Crippen LogP contribution in [-0.2, 0) is 14.8 Å². The molecule has 0 fully saturated rings. The number of hydrogen-bond acceptors (Lipinski definition) is 6. The van der Waals surface area contributed by atoms with E-state index in [2.05, 4.69) is 14.4 Å². The fraction of sp³-hybridized carbons (Fsp3) is 0.143. The van der Waals surface area contributed by atoms with E-state index in [9.17, 15) is 13.2 Å². The lowest BCUT2D eigenvalue weighted by atomic mass is 10.2. The summed E-state index contributed by atoms with van der Waals surface area (Å²) in [4.78, 5) is 15.8. The number of nitrogens with one attached hydrogen (secondary N) is 1. The molecule has 0 bridgehead atoms. The van der Waals surface area contributed by atoms with Crippen molar-refractivity contribution >= 4 is 38.5 Å². The van der Waals surface area contributed by atoms with Gasteiger partial charge in [-0.15, -0.1) is 0 Å². The van der Waals surface area contributed by atoms with Gasteiger partial charge in [-0.3, -0.25) is 4.72 Å². The third-order valence-electron chi connectivity index (χ3n) is 2.64.